The Labute approximate surface area is 110 Å². The van der Waals surface area contributed by atoms with Crippen LogP contribution in [0.15, 0.2) is 41.7 Å². The molecule has 1 rings (SSSR count). The molecule has 102 valence electrons. The highest BCUT2D eigenvalue weighted by Gasteiger charge is 2.22. The number of carboxylic acids is 1. The van der Waals surface area contributed by atoms with Crippen LogP contribution in [-0.4, -0.2) is 23.0 Å². The summed E-state index contributed by atoms with van der Waals surface area (Å²) in [4.78, 5) is 22.6. The first-order valence-electron chi connectivity index (χ1n) is 5.82. The molecule has 0 aliphatic heterocycles. The maximum atomic E-state index is 13.4. The van der Waals surface area contributed by atoms with Gasteiger partial charge in [0.1, 0.15) is 6.04 Å². The molecule has 1 aromatic carbocycles. The van der Waals surface area contributed by atoms with E-state index >= 15 is 0 Å². The molecular weight excluding hydrogens is 249 g/mol. The second-order valence-electron chi connectivity index (χ2n) is 4.37. The van der Waals surface area contributed by atoms with Crippen molar-refractivity contribution in [3.63, 3.8) is 0 Å². The van der Waals surface area contributed by atoms with Gasteiger partial charge in [-0.25, -0.2) is 9.18 Å². The third-order valence-corrected chi connectivity index (χ3v) is 2.52. The van der Waals surface area contributed by atoms with Crippen LogP contribution < -0.4 is 5.32 Å². The molecule has 19 heavy (non-hydrogen) atoms. The average molecular weight is 265 g/mol. The van der Waals surface area contributed by atoms with Gasteiger partial charge < -0.3 is 10.4 Å². The minimum Gasteiger partial charge on any atom is -0.480 e. The Morgan fingerprint density at radius 1 is 1.26 bits per heavy atom. The number of amides is 1. The number of carbonyl (C=O) groups excluding carboxylic acids is 1. The molecule has 0 aromatic heterocycles. The number of halogens is 1. The van der Waals surface area contributed by atoms with Crippen molar-refractivity contribution >= 4 is 11.9 Å². The predicted molar refractivity (Wildman–Crippen MR) is 69.2 cm³/mol. The number of aliphatic carboxylic acids is 1. The van der Waals surface area contributed by atoms with E-state index in [0.29, 0.717) is 0 Å². The van der Waals surface area contributed by atoms with Gasteiger partial charge in [0.2, 0.25) is 0 Å². The van der Waals surface area contributed by atoms with Crippen LogP contribution in [0.1, 0.15) is 19.4 Å². The number of benzene rings is 1. The topological polar surface area (TPSA) is 66.4 Å². The van der Waals surface area contributed by atoms with Crippen LogP contribution in [0.2, 0.25) is 0 Å². The van der Waals surface area contributed by atoms with Crippen LogP contribution in [0.3, 0.4) is 0 Å². The molecule has 1 atom stereocenters. The molecule has 0 saturated heterocycles. The highest BCUT2D eigenvalue weighted by molar-refractivity contribution is 5.94. The van der Waals surface area contributed by atoms with Crippen LogP contribution >= 0.6 is 0 Å². The fourth-order valence-corrected chi connectivity index (χ4v) is 1.50. The van der Waals surface area contributed by atoms with Crippen molar-refractivity contribution < 1.29 is 19.1 Å². The third kappa shape index (κ3) is 4.54. The molecule has 0 radical (unpaired) electrons. The van der Waals surface area contributed by atoms with Gasteiger partial charge in [0.15, 0.2) is 5.83 Å². The minimum absolute atomic E-state index is 0.109. The molecule has 4 nitrogen and oxygen atoms in total. The van der Waals surface area contributed by atoms with Crippen LogP contribution in [0, 0.1) is 0 Å². The number of nitrogens with one attached hydrogen (secondary N) is 1. The molecule has 0 fully saturated rings. The number of hydrogen-bond acceptors (Lipinski definition) is 2. The Kier molecular flexibility index (Phi) is 5.23. The van der Waals surface area contributed by atoms with Gasteiger partial charge in [-0.05, 0) is 25.0 Å². The van der Waals surface area contributed by atoms with Crippen LogP contribution in [0.25, 0.3) is 0 Å². The van der Waals surface area contributed by atoms with Crippen LogP contribution in [-0.2, 0) is 16.0 Å². The second kappa shape index (κ2) is 6.68. The molecular formula is C14H16FNO3. The number of allylic oxidation sites excluding steroid dienone is 1. The Morgan fingerprint density at radius 3 is 2.32 bits per heavy atom. The molecule has 0 heterocycles. The second-order valence-corrected chi connectivity index (χ2v) is 4.37. The highest BCUT2D eigenvalue weighted by Crippen LogP contribution is 2.07. The zero-order chi connectivity index (χ0) is 14.4. The van der Waals surface area contributed by atoms with E-state index in [4.69, 9.17) is 5.11 Å². The Balaban J connectivity index is 2.78. The predicted octanol–water partition coefficient (Wildman–Crippen LogP) is 2.06. The van der Waals surface area contributed by atoms with Gasteiger partial charge in [0.25, 0.3) is 5.91 Å². The quantitative estimate of drug-likeness (QED) is 0.801. The smallest absolute Gasteiger partial charge is 0.326 e. The van der Waals surface area contributed by atoms with Gasteiger partial charge in [-0.1, -0.05) is 30.3 Å². The maximum absolute atomic E-state index is 13.4. The fourth-order valence-electron chi connectivity index (χ4n) is 1.50. The van der Waals surface area contributed by atoms with Crippen molar-refractivity contribution in [2.24, 2.45) is 0 Å². The standard InChI is InChI=1S/C14H16FNO3/c1-9(2)12(15)13(17)16-11(14(18)19)8-10-6-4-3-5-7-10/h3-7,11H,8H2,1-2H3,(H,16,17)(H,18,19)/t11-/m0/s1. The van der Waals surface area contributed by atoms with Gasteiger partial charge in [-0.15, -0.1) is 0 Å². The van der Waals surface area contributed by atoms with E-state index in [1.807, 2.05) is 0 Å². The lowest BCUT2D eigenvalue weighted by atomic mass is 10.1. The summed E-state index contributed by atoms with van der Waals surface area (Å²) in [6.07, 6.45) is 0.109. The lowest BCUT2D eigenvalue weighted by Crippen LogP contribution is -2.42. The van der Waals surface area contributed by atoms with Crippen molar-refractivity contribution in [1.82, 2.24) is 5.32 Å². The number of carboxylic acid groups (broad SMARTS) is 1. The molecule has 0 unspecified atom stereocenters. The molecule has 2 N–H and O–H groups in total. The molecule has 5 heteroatoms. The van der Waals surface area contributed by atoms with E-state index in [-0.39, 0.29) is 12.0 Å². The normalized spacial score (nSPS) is 11.5. The fraction of sp³-hybridized carbons (Fsp3) is 0.286. The molecule has 0 spiro atoms. The molecule has 1 aromatic rings. The lowest BCUT2D eigenvalue weighted by Gasteiger charge is -2.14. The summed E-state index contributed by atoms with van der Waals surface area (Å²) in [5.74, 6) is -3.14. The monoisotopic (exact) mass is 265 g/mol. The first kappa shape index (κ1) is 14.9. The van der Waals surface area contributed by atoms with Gasteiger partial charge in [-0.3, -0.25) is 4.79 Å². The summed E-state index contributed by atoms with van der Waals surface area (Å²) >= 11 is 0. The van der Waals surface area contributed by atoms with Crippen molar-refractivity contribution in [2.75, 3.05) is 0 Å². The third-order valence-electron chi connectivity index (χ3n) is 2.52. The summed E-state index contributed by atoms with van der Waals surface area (Å²) in [7, 11) is 0. The largest absolute Gasteiger partial charge is 0.480 e. The SMILES string of the molecule is CC(C)=C(F)C(=O)N[C@@H](Cc1ccccc1)C(=O)O. The zero-order valence-electron chi connectivity index (χ0n) is 10.8. The van der Waals surface area contributed by atoms with E-state index < -0.39 is 23.7 Å². The number of carbonyl (C=O) groups is 2. The van der Waals surface area contributed by atoms with Gasteiger partial charge in [0, 0.05) is 6.42 Å². The Hall–Kier alpha value is -2.17. The van der Waals surface area contributed by atoms with Gasteiger partial charge in [-0.2, -0.15) is 0 Å². The average Bonchev–Trinajstić information content (AvgIpc) is 2.37. The van der Waals surface area contributed by atoms with E-state index in [0.717, 1.165) is 5.56 Å². The molecule has 0 saturated carbocycles. The summed E-state index contributed by atoms with van der Waals surface area (Å²) in [6, 6.07) is 7.69. The van der Waals surface area contributed by atoms with Crippen molar-refractivity contribution in [3.8, 4) is 0 Å². The first-order valence-corrected chi connectivity index (χ1v) is 5.82. The van der Waals surface area contributed by atoms with E-state index in [1.54, 1.807) is 30.3 Å². The minimum atomic E-state index is -1.20. The molecule has 0 aliphatic rings. The summed E-state index contributed by atoms with van der Waals surface area (Å²) in [6.45, 7) is 2.89. The van der Waals surface area contributed by atoms with Crippen molar-refractivity contribution in [1.29, 1.82) is 0 Å². The summed E-state index contributed by atoms with van der Waals surface area (Å²) < 4.78 is 13.4. The van der Waals surface area contributed by atoms with Crippen LogP contribution in [0.5, 0.6) is 0 Å². The van der Waals surface area contributed by atoms with Crippen LogP contribution in [0.4, 0.5) is 4.39 Å². The lowest BCUT2D eigenvalue weighted by molar-refractivity contribution is -0.141. The zero-order valence-corrected chi connectivity index (χ0v) is 10.8. The molecule has 0 bridgehead atoms. The van der Waals surface area contributed by atoms with Crippen molar-refractivity contribution in [2.45, 2.75) is 26.3 Å². The van der Waals surface area contributed by atoms with E-state index in [9.17, 15) is 14.0 Å². The maximum Gasteiger partial charge on any atom is 0.326 e. The number of hydrogen-bond donors (Lipinski definition) is 2. The molecule has 0 aliphatic carbocycles. The van der Waals surface area contributed by atoms with Gasteiger partial charge in [0.05, 0.1) is 0 Å². The highest BCUT2D eigenvalue weighted by atomic mass is 19.1. The Bertz CT molecular complexity index is 493. The summed E-state index contributed by atoms with van der Waals surface area (Å²) in [5.41, 5.74) is 0.967. The van der Waals surface area contributed by atoms with Gasteiger partial charge >= 0.3 is 5.97 Å². The number of rotatable bonds is 5. The first-order chi connectivity index (χ1) is 8.91. The van der Waals surface area contributed by atoms with E-state index in [1.165, 1.54) is 13.8 Å². The summed E-state index contributed by atoms with van der Waals surface area (Å²) in [5, 5.41) is 11.2. The molecule has 1 amide bonds. The Morgan fingerprint density at radius 2 is 1.84 bits per heavy atom. The van der Waals surface area contributed by atoms with E-state index in [2.05, 4.69) is 5.32 Å². The van der Waals surface area contributed by atoms with Crippen molar-refractivity contribution in [3.05, 3.63) is 47.3 Å².